The third kappa shape index (κ3) is 1.80. The monoisotopic (exact) mass is 186 g/mol. The Kier molecular flexibility index (Phi) is 2.56. The van der Waals surface area contributed by atoms with Crippen molar-refractivity contribution in [2.24, 2.45) is 0 Å². The molecule has 0 aromatic rings. The van der Waals surface area contributed by atoms with E-state index in [1.165, 1.54) is 0 Å². The molecule has 13 heavy (non-hydrogen) atoms. The SMILES string of the molecule is CCOCN1C(=O)NC(C)(C)C1=O. The first kappa shape index (κ1) is 9.98. The van der Waals surface area contributed by atoms with Crippen molar-refractivity contribution >= 4 is 11.9 Å². The molecule has 1 rings (SSSR count). The lowest BCUT2D eigenvalue weighted by Crippen LogP contribution is -2.40. The molecule has 1 fully saturated rings. The number of carbonyl (C=O) groups excluding carboxylic acids is 2. The minimum Gasteiger partial charge on any atom is -0.361 e. The van der Waals surface area contributed by atoms with Gasteiger partial charge in [0.15, 0.2) is 0 Å². The molecule has 0 atom stereocenters. The fourth-order valence-corrected chi connectivity index (χ4v) is 1.12. The van der Waals surface area contributed by atoms with Crippen LogP contribution in [0.5, 0.6) is 0 Å². The van der Waals surface area contributed by atoms with Crippen molar-refractivity contribution in [3.63, 3.8) is 0 Å². The molecule has 0 aromatic heterocycles. The van der Waals surface area contributed by atoms with Gasteiger partial charge in [0.05, 0.1) is 0 Å². The minimum absolute atomic E-state index is 0.0323. The highest BCUT2D eigenvalue weighted by Gasteiger charge is 2.44. The van der Waals surface area contributed by atoms with Crippen molar-refractivity contribution < 1.29 is 14.3 Å². The normalized spacial score (nSPS) is 20.7. The molecule has 0 aromatic carbocycles. The van der Waals surface area contributed by atoms with E-state index in [0.717, 1.165) is 4.90 Å². The summed E-state index contributed by atoms with van der Waals surface area (Å²) >= 11 is 0. The van der Waals surface area contributed by atoms with Crippen LogP contribution in [0.1, 0.15) is 20.8 Å². The summed E-state index contributed by atoms with van der Waals surface area (Å²) in [6, 6.07) is -0.386. The van der Waals surface area contributed by atoms with Crippen molar-refractivity contribution in [3.8, 4) is 0 Å². The van der Waals surface area contributed by atoms with Gasteiger partial charge in [0.2, 0.25) is 0 Å². The van der Waals surface area contributed by atoms with Crippen molar-refractivity contribution in [2.45, 2.75) is 26.3 Å². The van der Waals surface area contributed by atoms with Crippen molar-refractivity contribution in [2.75, 3.05) is 13.3 Å². The van der Waals surface area contributed by atoms with Crippen molar-refractivity contribution in [1.29, 1.82) is 0 Å². The lowest BCUT2D eigenvalue weighted by Gasteiger charge is -2.15. The first-order chi connectivity index (χ1) is 5.99. The number of amides is 3. The Morgan fingerprint density at radius 3 is 2.46 bits per heavy atom. The Labute approximate surface area is 77.0 Å². The van der Waals surface area contributed by atoms with Crippen molar-refractivity contribution in [3.05, 3.63) is 0 Å². The van der Waals surface area contributed by atoms with Gasteiger partial charge in [0, 0.05) is 6.61 Å². The molecule has 74 valence electrons. The van der Waals surface area contributed by atoms with E-state index in [1.807, 2.05) is 6.92 Å². The van der Waals surface area contributed by atoms with Gasteiger partial charge >= 0.3 is 6.03 Å². The second-order valence-electron chi connectivity index (χ2n) is 3.41. The number of nitrogens with one attached hydrogen (secondary N) is 1. The van der Waals surface area contributed by atoms with Gasteiger partial charge in [-0.25, -0.2) is 9.69 Å². The van der Waals surface area contributed by atoms with E-state index < -0.39 is 5.54 Å². The van der Waals surface area contributed by atoms with E-state index in [0.29, 0.717) is 6.61 Å². The van der Waals surface area contributed by atoms with Crippen LogP contribution in [0.2, 0.25) is 0 Å². The fraction of sp³-hybridized carbons (Fsp3) is 0.750. The Bertz CT molecular complexity index is 238. The summed E-state index contributed by atoms with van der Waals surface area (Å²) in [5, 5.41) is 2.56. The number of ether oxygens (including phenoxy) is 1. The molecule has 1 aliphatic heterocycles. The highest BCUT2D eigenvalue weighted by Crippen LogP contribution is 2.15. The summed E-state index contributed by atoms with van der Waals surface area (Å²) in [6.07, 6.45) is 0. The summed E-state index contributed by atoms with van der Waals surface area (Å²) in [4.78, 5) is 23.8. The van der Waals surface area contributed by atoms with Gasteiger partial charge < -0.3 is 10.1 Å². The van der Waals surface area contributed by atoms with Crippen LogP contribution in [0.4, 0.5) is 4.79 Å². The van der Waals surface area contributed by atoms with E-state index in [4.69, 9.17) is 4.74 Å². The van der Waals surface area contributed by atoms with E-state index in [1.54, 1.807) is 13.8 Å². The molecule has 1 heterocycles. The van der Waals surface area contributed by atoms with Crippen LogP contribution in [-0.2, 0) is 9.53 Å². The predicted octanol–water partition coefficient (Wildman–Crippen LogP) is 0.311. The molecular weight excluding hydrogens is 172 g/mol. The first-order valence-electron chi connectivity index (χ1n) is 4.21. The maximum Gasteiger partial charge on any atom is 0.326 e. The topological polar surface area (TPSA) is 58.6 Å². The molecular formula is C8H14N2O3. The standard InChI is InChI=1S/C8H14N2O3/c1-4-13-5-10-6(11)8(2,3)9-7(10)12/h4-5H2,1-3H3,(H,9,12). The van der Waals surface area contributed by atoms with E-state index >= 15 is 0 Å². The maximum atomic E-state index is 11.5. The molecule has 0 saturated carbocycles. The fourth-order valence-electron chi connectivity index (χ4n) is 1.12. The summed E-state index contributed by atoms with van der Waals surface area (Å²) in [5.74, 6) is -0.244. The molecule has 0 unspecified atom stereocenters. The Hall–Kier alpha value is -1.10. The predicted molar refractivity (Wildman–Crippen MR) is 45.9 cm³/mol. The van der Waals surface area contributed by atoms with Crippen LogP contribution in [0.15, 0.2) is 0 Å². The van der Waals surface area contributed by atoms with Crippen LogP contribution in [0.3, 0.4) is 0 Å². The number of nitrogens with zero attached hydrogens (tertiary/aromatic N) is 1. The van der Waals surface area contributed by atoms with Gasteiger partial charge in [-0.05, 0) is 20.8 Å². The largest absolute Gasteiger partial charge is 0.361 e. The summed E-state index contributed by atoms with van der Waals surface area (Å²) < 4.78 is 5.00. The molecule has 3 amide bonds. The van der Waals surface area contributed by atoms with Crippen LogP contribution < -0.4 is 5.32 Å². The van der Waals surface area contributed by atoms with Crippen molar-refractivity contribution in [1.82, 2.24) is 10.2 Å². The second kappa shape index (κ2) is 3.33. The quantitative estimate of drug-likeness (QED) is 0.645. The van der Waals surface area contributed by atoms with E-state index in [9.17, 15) is 9.59 Å². The van der Waals surface area contributed by atoms with Gasteiger partial charge in [-0.2, -0.15) is 0 Å². The smallest absolute Gasteiger partial charge is 0.326 e. The van der Waals surface area contributed by atoms with Gasteiger partial charge in [-0.1, -0.05) is 0 Å². The number of rotatable bonds is 3. The lowest BCUT2D eigenvalue weighted by molar-refractivity contribution is -0.133. The maximum absolute atomic E-state index is 11.5. The number of carbonyl (C=O) groups is 2. The molecule has 0 aliphatic carbocycles. The zero-order valence-electron chi connectivity index (χ0n) is 8.09. The van der Waals surface area contributed by atoms with Crippen LogP contribution in [0, 0.1) is 0 Å². The zero-order valence-corrected chi connectivity index (χ0v) is 8.09. The number of hydrogen-bond acceptors (Lipinski definition) is 3. The zero-order chi connectivity index (χ0) is 10.1. The average molecular weight is 186 g/mol. The number of imide groups is 1. The summed E-state index contributed by atoms with van der Waals surface area (Å²) in [5.41, 5.74) is -0.797. The van der Waals surface area contributed by atoms with E-state index in [2.05, 4.69) is 5.32 Å². The number of urea groups is 1. The van der Waals surface area contributed by atoms with Gasteiger partial charge in [-0.3, -0.25) is 4.79 Å². The third-order valence-electron chi connectivity index (χ3n) is 1.87. The highest BCUT2D eigenvalue weighted by atomic mass is 16.5. The molecule has 0 bridgehead atoms. The first-order valence-corrected chi connectivity index (χ1v) is 4.21. The van der Waals surface area contributed by atoms with Gasteiger partial charge in [0.25, 0.3) is 5.91 Å². The summed E-state index contributed by atoms with van der Waals surface area (Å²) in [7, 11) is 0. The molecule has 5 heteroatoms. The molecule has 1 N–H and O–H groups in total. The molecule has 5 nitrogen and oxygen atoms in total. The molecule has 0 spiro atoms. The van der Waals surface area contributed by atoms with Gasteiger partial charge in [0.1, 0.15) is 12.3 Å². The minimum atomic E-state index is -0.797. The summed E-state index contributed by atoms with van der Waals surface area (Å²) in [6.45, 7) is 5.66. The Morgan fingerprint density at radius 2 is 2.08 bits per heavy atom. The Morgan fingerprint density at radius 1 is 1.46 bits per heavy atom. The Balaban J connectivity index is 2.66. The lowest BCUT2D eigenvalue weighted by atomic mass is 10.1. The molecule has 1 saturated heterocycles. The molecule has 0 radical (unpaired) electrons. The van der Waals surface area contributed by atoms with Crippen LogP contribution in [-0.4, -0.2) is 35.7 Å². The third-order valence-corrected chi connectivity index (χ3v) is 1.87. The van der Waals surface area contributed by atoms with E-state index in [-0.39, 0.29) is 18.7 Å². The van der Waals surface area contributed by atoms with Crippen LogP contribution in [0.25, 0.3) is 0 Å². The van der Waals surface area contributed by atoms with Gasteiger partial charge in [-0.15, -0.1) is 0 Å². The second-order valence-corrected chi connectivity index (χ2v) is 3.41. The number of hydrogen-bond donors (Lipinski definition) is 1. The van der Waals surface area contributed by atoms with Crippen LogP contribution >= 0.6 is 0 Å². The highest BCUT2D eigenvalue weighted by molar-refractivity contribution is 6.06. The average Bonchev–Trinajstić information content (AvgIpc) is 2.21. The molecule has 1 aliphatic rings.